The van der Waals surface area contributed by atoms with E-state index in [0.29, 0.717) is 27.5 Å². The van der Waals surface area contributed by atoms with Crippen LogP contribution in [0.2, 0.25) is 5.02 Å². The van der Waals surface area contributed by atoms with E-state index in [1.54, 1.807) is 61.5 Å². The highest BCUT2D eigenvalue weighted by molar-refractivity contribution is 7.17. The molecule has 11 heteroatoms. The number of aryl methyl sites for hydroxylation is 2. The number of benzene rings is 3. The molecule has 0 bridgehead atoms. The SMILES string of the molecule is COC(=O)c1sc(N2C(=O)c3oc4ccc(C)cc4c(=O)c3C23C(=O)N(Cc2ccccc2Cl)c2ccccc23)nc1C. The fourth-order valence-electron chi connectivity index (χ4n) is 5.99. The standard InChI is InChI=1S/C32H22ClN3O6S/c1-16-12-13-23-19(14-16)25(37)24-26(42-23)28(38)36(31-34-17(2)27(43-31)29(39)41-3)32(24)20-9-5-7-11-22(20)35(30(32)40)15-18-8-4-6-10-21(18)33/h4-14H,15H2,1-3H3. The van der Waals surface area contributed by atoms with E-state index in [-0.39, 0.29) is 38.8 Å². The first-order valence-electron chi connectivity index (χ1n) is 13.3. The molecule has 1 atom stereocenters. The summed E-state index contributed by atoms with van der Waals surface area (Å²) < 4.78 is 11.1. The van der Waals surface area contributed by atoms with Gasteiger partial charge < -0.3 is 14.1 Å². The number of aromatic nitrogens is 1. The van der Waals surface area contributed by atoms with Crippen molar-refractivity contribution in [2.75, 3.05) is 16.9 Å². The van der Waals surface area contributed by atoms with Crippen molar-refractivity contribution in [1.82, 2.24) is 4.98 Å². The third-order valence-corrected chi connectivity index (χ3v) is 9.40. The number of ether oxygens (including phenoxy) is 1. The van der Waals surface area contributed by atoms with Gasteiger partial charge in [-0.2, -0.15) is 0 Å². The minimum Gasteiger partial charge on any atom is -0.465 e. The van der Waals surface area contributed by atoms with Crippen LogP contribution in [-0.2, 0) is 21.6 Å². The summed E-state index contributed by atoms with van der Waals surface area (Å²) in [5.74, 6) is -2.15. The van der Waals surface area contributed by atoms with Crippen molar-refractivity contribution in [2.45, 2.75) is 25.9 Å². The van der Waals surface area contributed by atoms with E-state index in [1.807, 2.05) is 19.1 Å². The maximum atomic E-state index is 15.0. The van der Waals surface area contributed by atoms with E-state index in [9.17, 15) is 14.4 Å². The fourth-order valence-corrected chi connectivity index (χ4v) is 7.22. The smallest absolute Gasteiger partial charge is 0.350 e. The Bertz CT molecular complexity index is 2100. The summed E-state index contributed by atoms with van der Waals surface area (Å²) in [5, 5.41) is 0.762. The van der Waals surface area contributed by atoms with Gasteiger partial charge in [0.2, 0.25) is 5.76 Å². The van der Waals surface area contributed by atoms with Gasteiger partial charge in [-0.15, -0.1) is 0 Å². The summed E-state index contributed by atoms with van der Waals surface area (Å²) in [6.07, 6.45) is 0. The maximum Gasteiger partial charge on any atom is 0.350 e. The van der Waals surface area contributed by atoms with Crippen LogP contribution in [0.4, 0.5) is 10.8 Å². The van der Waals surface area contributed by atoms with Crippen LogP contribution in [0, 0.1) is 13.8 Å². The number of thiazole rings is 1. The molecule has 0 fully saturated rings. The molecule has 7 rings (SSSR count). The lowest BCUT2D eigenvalue weighted by Crippen LogP contribution is -2.53. The van der Waals surface area contributed by atoms with Gasteiger partial charge in [0.1, 0.15) is 10.5 Å². The first-order chi connectivity index (χ1) is 20.7. The van der Waals surface area contributed by atoms with Crippen molar-refractivity contribution in [1.29, 1.82) is 0 Å². The average molecular weight is 612 g/mol. The summed E-state index contributed by atoms with van der Waals surface area (Å²) in [5.41, 5.74) is 0.387. The molecular weight excluding hydrogens is 590 g/mol. The molecule has 4 heterocycles. The molecule has 3 aromatic carbocycles. The zero-order chi connectivity index (χ0) is 30.2. The van der Waals surface area contributed by atoms with Crippen molar-refractivity contribution in [3.05, 3.63) is 121 Å². The van der Waals surface area contributed by atoms with Gasteiger partial charge in [0.25, 0.3) is 11.8 Å². The number of hydrogen-bond acceptors (Lipinski definition) is 8. The van der Waals surface area contributed by atoms with Crippen molar-refractivity contribution in [3.63, 3.8) is 0 Å². The summed E-state index contributed by atoms with van der Waals surface area (Å²) in [6.45, 7) is 3.53. The summed E-state index contributed by atoms with van der Waals surface area (Å²) in [7, 11) is 1.25. The van der Waals surface area contributed by atoms with Gasteiger partial charge >= 0.3 is 5.97 Å². The van der Waals surface area contributed by atoms with Gasteiger partial charge in [0.15, 0.2) is 16.1 Å². The molecule has 0 N–H and O–H groups in total. The maximum absolute atomic E-state index is 15.0. The molecule has 0 radical (unpaired) electrons. The third kappa shape index (κ3) is 3.66. The fraction of sp³-hybridized carbons (Fsp3) is 0.156. The monoisotopic (exact) mass is 611 g/mol. The number of esters is 1. The van der Waals surface area contributed by atoms with Gasteiger partial charge in [0, 0.05) is 10.6 Å². The summed E-state index contributed by atoms with van der Waals surface area (Å²) in [4.78, 5) is 63.9. The first-order valence-corrected chi connectivity index (χ1v) is 14.5. The molecule has 2 aliphatic rings. The normalized spacial score (nSPS) is 17.2. The van der Waals surface area contributed by atoms with Crippen LogP contribution in [0.3, 0.4) is 0 Å². The predicted octanol–water partition coefficient (Wildman–Crippen LogP) is 5.76. The predicted molar refractivity (Wildman–Crippen MR) is 162 cm³/mol. The molecule has 0 aliphatic carbocycles. The molecule has 1 unspecified atom stereocenters. The minimum absolute atomic E-state index is 0.0525. The Kier molecular flexibility index (Phi) is 6.05. The van der Waals surface area contributed by atoms with E-state index in [2.05, 4.69) is 4.98 Å². The molecule has 5 aromatic rings. The third-order valence-electron chi connectivity index (χ3n) is 7.91. The van der Waals surface area contributed by atoms with E-state index in [4.69, 9.17) is 20.8 Å². The van der Waals surface area contributed by atoms with Gasteiger partial charge in [-0.1, -0.05) is 71.0 Å². The first kappa shape index (κ1) is 27.1. The Morgan fingerprint density at radius 3 is 2.56 bits per heavy atom. The number of fused-ring (bicyclic) bond motifs is 5. The summed E-state index contributed by atoms with van der Waals surface area (Å²) in [6, 6.07) is 19.2. The number of hydrogen-bond donors (Lipinski definition) is 0. The number of amides is 2. The highest BCUT2D eigenvalue weighted by Crippen LogP contribution is 2.55. The lowest BCUT2D eigenvalue weighted by Gasteiger charge is -2.32. The van der Waals surface area contributed by atoms with Crippen LogP contribution in [-0.4, -0.2) is 29.9 Å². The van der Waals surface area contributed by atoms with Crippen LogP contribution in [0.15, 0.2) is 75.9 Å². The zero-order valence-corrected chi connectivity index (χ0v) is 24.7. The van der Waals surface area contributed by atoms with Crippen LogP contribution in [0.5, 0.6) is 0 Å². The molecule has 2 amide bonds. The van der Waals surface area contributed by atoms with E-state index in [1.165, 1.54) is 16.9 Å². The van der Waals surface area contributed by atoms with E-state index >= 15 is 4.79 Å². The Labute approximate surface area is 253 Å². The highest BCUT2D eigenvalue weighted by Gasteiger charge is 2.66. The molecule has 0 saturated carbocycles. The number of carbonyl (C=O) groups excluding carboxylic acids is 3. The van der Waals surface area contributed by atoms with Gasteiger partial charge in [0.05, 0.1) is 36.0 Å². The number of rotatable bonds is 4. The number of nitrogens with zero attached hydrogens (tertiary/aromatic N) is 3. The number of methoxy groups -OCH3 is 1. The second-order valence-corrected chi connectivity index (χ2v) is 11.8. The van der Waals surface area contributed by atoms with Crippen molar-refractivity contribution >= 4 is 62.5 Å². The van der Waals surface area contributed by atoms with E-state index in [0.717, 1.165) is 16.9 Å². The van der Waals surface area contributed by atoms with Crippen LogP contribution in [0.1, 0.15) is 48.2 Å². The molecule has 2 aliphatic heterocycles. The van der Waals surface area contributed by atoms with Crippen LogP contribution < -0.4 is 15.2 Å². The van der Waals surface area contributed by atoms with Crippen molar-refractivity contribution < 1.29 is 23.5 Å². The zero-order valence-electron chi connectivity index (χ0n) is 23.1. The number of para-hydroxylation sites is 1. The Morgan fingerprint density at radius 1 is 1.05 bits per heavy atom. The Balaban J connectivity index is 1.56. The second kappa shape index (κ2) is 9.62. The number of anilines is 2. The second-order valence-electron chi connectivity index (χ2n) is 10.4. The highest BCUT2D eigenvalue weighted by atomic mass is 35.5. The molecule has 214 valence electrons. The van der Waals surface area contributed by atoms with Crippen LogP contribution >= 0.6 is 22.9 Å². The molecular formula is C32H22ClN3O6S. The molecule has 2 aromatic heterocycles. The van der Waals surface area contributed by atoms with Crippen LogP contribution in [0.25, 0.3) is 11.0 Å². The molecule has 0 saturated heterocycles. The van der Waals surface area contributed by atoms with Crippen molar-refractivity contribution in [3.8, 4) is 0 Å². The summed E-state index contributed by atoms with van der Waals surface area (Å²) >= 11 is 7.41. The Morgan fingerprint density at radius 2 is 1.79 bits per heavy atom. The Hall–Kier alpha value is -4.80. The molecule has 9 nitrogen and oxygen atoms in total. The lowest BCUT2D eigenvalue weighted by atomic mass is 9.84. The van der Waals surface area contributed by atoms with Gasteiger partial charge in [-0.25, -0.2) is 9.78 Å². The average Bonchev–Trinajstić information content (AvgIpc) is 3.59. The number of carbonyl (C=O) groups is 3. The van der Waals surface area contributed by atoms with Crippen molar-refractivity contribution in [2.24, 2.45) is 0 Å². The van der Waals surface area contributed by atoms with E-state index < -0.39 is 28.8 Å². The molecule has 43 heavy (non-hydrogen) atoms. The minimum atomic E-state index is -1.96. The molecule has 1 spiro atoms. The lowest BCUT2D eigenvalue weighted by molar-refractivity contribution is -0.121. The topological polar surface area (TPSA) is 110 Å². The van der Waals surface area contributed by atoms with Gasteiger partial charge in [-0.05, 0) is 43.7 Å². The quantitative estimate of drug-likeness (QED) is 0.238. The van der Waals surface area contributed by atoms with Gasteiger partial charge in [-0.3, -0.25) is 19.3 Å². The largest absolute Gasteiger partial charge is 0.465 e. The number of halogens is 1.